The van der Waals surface area contributed by atoms with Crippen LogP contribution in [0.2, 0.25) is 0 Å². The van der Waals surface area contributed by atoms with Gasteiger partial charge in [0.25, 0.3) is 0 Å². The molecular weight excluding hydrogens is 248 g/mol. The van der Waals surface area contributed by atoms with Gasteiger partial charge in [-0.3, -0.25) is 4.79 Å². The maximum Gasteiger partial charge on any atom is 1.00 e. The van der Waals surface area contributed by atoms with Crippen LogP contribution in [-0.2, 0) is 14.4 Å². The van der Waals surface area contributed by atoms with Crippen molar-refractivity contribution >= 4 is 17.9 Å². The average Bonchev–Trinajstić information content (AvgIpc) is 2.71. The number of hydrogen-bond donors (Lipinski definition) is 3. The van der Waals surface area contributed by atoms with Crippen molar-refractivity contribution in [2.75, 3.05) is 0 Å². The molecule has 3 N–H and O–H groups in total. The Hall–Kier alpha value is -2.42. The zero-order valence-corrected chi connectivity index (χ0v) is 9.03. The van der Waals surface area contributed by atoms with Crippen LogP contribution in [0.1, 0.15) is 15.7 Å². The van der Waals surface area contributed by atoms with E-state index in [2.05, 4.69) is 9.97 Å². The maximum atomic E-state index is 10.2. The van der Waals surface area contributed by atoms with Crippen LogP contribution in [0.25, 0.3) is 0 Å². The molecule has 1 atom stereocenters. The standard InChI is InChI=1S/C6H8O7.C3H4N2/c7-3(8)1-6(13,5(11)12)2-4(9)10;1-2-5-3-4-1/h13H,1-2H2,(H,7,8)(H,9,10)(H,11,12);1-3H,(H,4,5). The Balaban J connectivity index is -0.000000348. The molecule has 0 aliphatic heterocycles. The molecule has 1 aromatic rings. The van der Waals surface area contributed by atoms with Gasteiger partial charge in [-0.2, -0.15) is 0 Å². The minimum Gasteiger partial charge on any atom is -0.550 e. The predicted molar refractivity (Wildman–Crippen MR) is 52.6 cm³/mol. The highest BCUT2D eigenvalue weighted by molar-refractivity contribution is 5.86. The first-order valence-corrected chi connectivity index (χ1v) is 4.56. The van der Waals surface area contributed by atoms with Gasteiger partial charge in [0.15, 0.2) is 0 Å². The monoisotopic (exact) mass is 260 g/mol. The summed E-state index contributed by atoms with van der Waals surface area (Å²) in [5, 5.41) is 37.2. The lowest BCUT2D eigenvalue weighted by atomic mass is 9.96. The number of imidazole rings is 1. The Morgan fingerprint density at radius 3 is 2.17 bits per heavy atom. The zero-order valence-electron chi connectivity index (χ0n) is 11.0. The molecule has 1 heterocycles. The van der Waals surface area contributed by atoms with Gasteiger partial charge in [-0.15, -0.1) is 0 Å². The summed E-state index contributed by atoms with van der Waals surface area (Å²) in [5.74, 6) is -5.67. The molecule has 18 heavy (non-hydrogen) atoms. The van der Waals surface area contributed by atoms with E-state index in [0.29, 0.717) is 0 Å². The van der Waals surface area contributed by atoms with Crippen LogP contribution in [0.4, 0.5) is 0 Å². The molecule has 1 unspecified atom stereocenters. The Morgan fingerprint density at radius 2 is 1.94 bits per heavy atom. The van der Waals surface area contributed by atoms with E-state index in [0.717, 1.165) is 0 Å². The maximum absolute atomic E-state index is 10.2. The van der Waals surface area contributed by atoms with Crippen molar-refractivity contribution in [1.82, 2.24) is 9.97 Å². The van der Waals surface area contributed by atoms with E-state index in [1.807, 2.05) is 0 Å². The molecule has 0 saturated heterocycles. The van der Waals surface area contributed by atoms with Gasteiger partial charge < -0.3 is 35.0 Å². The van der Waals surface area contributed by atoms with E-state index >= 15 is 0 Å². The van der Waals surface area contributed by atoms with Crippen molar-refractivity contribution in [2.45, 2.75) is 18.4 Å². The molecule has 0 aliphatic rings. The van der Waals surface area contributed by atoms with Crippen LogP contribution >= 0.6 is 0 Å². The summed E-state index contributed by atoms with van der Waals surface area (Å²) < 4.78 is 0. The fourth-order valence-electron chi connectivity index (χ4n) is 0.911. The van der Waals surface area contributed by atoms with Crippen LogP contribution in [0.15, 0.2) is 18.7 Å². The lowest BCUT2D eigenvalue weighted by molar-refractivity contribution is -0.333. The summed E-state index contributed by atoms with van der Waals surface area (Å²) in [6, 6.07) is 0. The molecule has 0 bridgehead atoms. The van der Waals surface area contributed by atoms with E-state index in [1.54, 1.807) is 18.7 Å². The fourth-order valence-corrected chi connectivity index (χ4v) is 0.911. The fraction of sp³-hybridized carbons (Fsp3) is 0.333. The van der Waals surface area contributed by atoms with Crippen LogP contribution in [0.5, 0.6) is 0 Å². The molecule has 1 aromatic heterocycles. The summed E-state index contributed by atoms with van der Waals surface area (Å²) in [4.78, 5) is 36.6. The first-order valence-electron chi connectivity index (χ1n) is 4.56. The van der Waals surface area contributed by atoms with Crippen molar-refractivity contribution in [3.05, 3.63) is 18.7 Å². The van der Waals surface area contributed by atoms with Gasteiger partial charge in [-0.05, 0) is 0 Å². The van der Waals surface area contributed by atoms with E-state index in [1.165, 1.54) is 0 Å². The van der Waals surface area contributed by atoms with Gasteiger partial charge >= 0.3 is 8.82 Å². The quantitative estimate of drug-likeness (QED) is 0.495. The Morgan fingerprint density at radius 1 is 1.33 bits per heavy atom. The van der Waals surface area contributed by atoms with Crippen LogP contribution in [-0.4, -0.2) is 43.7 Å². The summed E-state index contributed by atoms with van der Waals surface area (Å²) in [7, 11) is 0. The van der Waals surface area contributed by atoms with Crippen molar-refractivity contribution in [3.63, 3.8) is 0 Å². The molecular formula is C9H12N2O7. The number of aliphatic carboxylic acids is 3. The molecule has 0 saturated carbocycles. The average molecular weight is 260 g/mol. The molecule has 0 aliphatic carbocycles. The molecule has 1 rings (SSSR count). The zero-order chi connectivity index (χ0) is 14.2. The SMILES string of the molecule is O=C([O-])CC(O)(CC(=O)O)C(=O)[O-].[H+].[H+].c1c[nH]cn1. The second-order valence-corrected chi connectivity index (χ2v) is 3.20. The molecule has 100 valence electrons. The number of nitrogens with one attached hydrogen (secondary N) is 1. The normalized spacial score (nSPS) is 12.7. The minimum absolute atomic E-state index is 0. The van der Waals surface area contributed by atoms with Gasteiger partial charge in [0.2, 0.25) is 0 Å². The number of aliphatic hydroxyl groups is 1. The van der Waals surface area contributed by atoms with Crippen molar-refractivity contribution < 1.29 is 37.7 Å². The molecule has 0 aromatic carbocycles. The number of carboxylic acid groups (broad SMARTS) is 3. The molecule has 0 radical (unpaired) electrons. The number of aromatic amines is 1. The summed E-state index contributed by atoms with van der Waals surface area (Å²) in [6.45, 7) is 0. The first kappa shape index (κ1) is 15.6. The van der Waals surface area contributed by atoms with Crippen molar-refractivity contribution in [1.29, 1.82) is 0 Å². The number of aromatic nitrogens is 2. The van der Waals surface area contributed by atoms with Gasteiger partial charge in [0.05, 0.1) is 18.7 Å². The van der Waals surface area contributed by atoms with Crippen LogP contribution in [0, 0.1) is 0 Å². The Bertz CT molecular complexity index is 377. The number of carbonyl (C=O) groups is 3. The number of hydrogen-bond acceptors (Lipinski definition) is 7. The molecule has 0 amide bonds. The Labute approximate surface area is 104 Å². The van der Waals surface area contributed by atoms with Crippen molar-refractivity contribution in [3.8, 4) is 0 Å². The highest BCUT2D eigenvalue weighted by Crippen LogP contribution is 2.13. The molecule has 0 fully saturated rings. The second-order valence-electron chi connectivity index (χ2n) is 3.20. The lowest BCUT2D eigenvalue weighted by Gasteiger charge is -2.27. The van der Waals surface area contributed by atoms with E-state index in [9.17, 15) is 24.6 Å². The summed E-state index contributed by atoms with van der Waals surface area (Å²) >= 11 is 0. The first-order chi connectivity index (χ1) is 8.28. The van der Waals surface area contributed by atoms with E-state index in [-0.39, 0.29) is 2.85 Å². The second kappa shape index (κ2) is 7.01. The third-order valence-electron chi connectivity index (χ3n) is 1.67. The number of nitrogens with zero attached hydrogens (tertiary/aromatic N) is 1. The van der Waals surface area contributed by atoms with Gasteiger partial charge in [-0.25, -0.2) is 4.98 Å². The summed E-state index contributed by atoms with van der Waals surface area (Å²) in [5.41, 5.74) is -2.91. The number of rotatable bonds is 5. The third-order valence-corrected chi connectivity index (χ3v) is 1.67. The van der Waals surface area contributed by atoms with Gasteiger partial charge in [0.1, 0.15) is 5.60 Å². The third kappa shape index (κ3) is 6.23. The van der Waals surface area contributed by atoms with E-state index < -0.39 is 36.4 Å². The smallest absolute Gasteiger partial charge is 0.550 e. The van der Waals surface area contributed by atoms with Gasteiger partial charge in [-0.1, -0.05) is 0 Å². The van der Waals surface area contributed by atoms with E-state index in [4.69, 9.17) is 10.2 Å². The number of carboxylic acids is 3. The predicted octanol–water partition coefficient (Wildman–Crippen LogP) is -3.28. The molecule has 0 spiro atoms. The minimum atomic E-state index is -2.91. The lowest BCUT2D eigenvalue weighted by Crippen LogP contribution is -2.52. The Kier molecular flexibility index (Phi) is 6.07. The molecule has 9 nitrogen and oxygen atoms in total. The summed E-state index contributed by atoms with van der Waals surface area (Å²) in [6.07, 6.45) is 2.52. The highest BCUT2D eigenvalue weighted by atomic mass is 16.4. The molecule has 9 heteroatoms. The number of carbonyl (C=O) groups excluding carboxylic acids is 2. The topological polar surface area (TPSA) is 166 Å². The highest BCUT2D eigenvalue weighted by Gasteiger charge is 2.31. The largest absolute Gasteiger partial charge is 1.00 e. The van der Waals surface area contributed by atoms with Gasteiger partial charge in [0, 0.05) is 24.8 Å². The number of H-pyrrole nitrogens is 1. The van der Waals surface area contributed by atoms with Crippen LogP contribution < -0.4 is 10.2 Å². The van der Waals surface area contributed by atoms with Crippen LogP contribution in [0.3, 0.4) is 0 Å². The van der Waals surface area contributed by atoms with Crippen molar-refractivity contribution in [2.24, 2.45) is 0 Å².